The molecule has 3 nitrogen and oxygen atoms in total. The van der Waals surface area contributed by atoms with Crippen molar-refractivity contribution in [2.24, 2.45) is 5.14 Å². The molecule has 2 rings (SSSR count). The van der Waals surface area contributed by atoms with Gasteiger partial charge in [0.1, 0.15) is 0 Å². The maximum Gasteiger partial charge on any atom is 0.238 e. The third-order valence-electron chi connectivity index (χ3n) is 3.49. The molecule has 22 heavy (non-hydrogen) atoms. The van der Waals surface area contributed by atoms with E-state index in [4.69, 9.17) is 11.6 Å². The van der Waals surface area contributed by atoms with Crippen molar-refractivity contribution in [3.05, 3.63) is 53.6 Å². The predicted molar refractivity (Wildman–Crippen MR) is 89.8 cm³/mol. The fourth-order valence-corrected chi connectivity index (χ4v) is 2.97. The molecule has 0 heterocycles. The summed E-state index contributed by atoms with van der Waals surface area (Å²) in [4.78, 5) is 0.122. The first-order valence-electron chi connectivity index (χ1n) is 7.14. The lowest BCUT2D eigenvalue weighted by molar-refractivity contribution is 0.598. The molecule has 0 radical (unpaired) electrons. The second-order valence-corrected chi connectivity index (χ2v) is 6.75. The van der Waals surface area contributed by atoms with E-state index < -0.39 is 10.0 Å². The lowest BCUT2D eigenvalue weighted by atomic mass is 9.94. The topological polar surface area (TPSA) is 60.2 Å². The number of primary sulfonamides is 1. The van der Waals surface area contributed by atoms with Crippen LogP contribution in [0.3, 0.4) is 0 Å². The lowest BCUT2D eigenvalue weighted by Gasteiger charge is -2.11. The summed E-state index contributed by atoms with van der Waals surface area (Å²) in [6.45, 7) is 2.13. The van der Waals surface area contributed by atoms with E-state index in [0.717, 1.165) is 29.5 Å². The van der Waals surface area contributed by atoms with Crippen molar-refractivity contribution in [2.45, 2.75) is 31.1 Å². The van der Waals surface area contributed by atoms with Gasteiger partial charge in [-0.15, -0.1) is 12.3 Å². The van der Waals surface area contributed by atoms with E-state index in [1.54, 1.807) is 12.1 Å². The average molecular weight is 313 g/mol. The number of sulfonamides is 1. The molecule has 0 amide bonds. The Balaban J connectivity index is 2.45. The van der Waals surface area contributed by atoms with Gasteiger partial charge in [-0.3, -0.25) is 0 Å². The van der Waals surface area contributed by atoms with Crippen molar-refractivity contribution in [1.82, 2.24) is 0 Å². The number of nitrogens with two attached hydrogens (primary N) is 1. The van der Waals surface area contributed by atoms with E-state index in [1.807, 2.05) is 12.1 Å². The molecular formula is C18H19NO2S. The monoisotopic (exact) mass is 313 g/mol. The highest BCUT2D eigenvalue weighted by Crippen LogP contribution is 2.27. The van der Waals surface area contributed by atoms with Crippen molar-refractivity contribution in [3.63, 3.8) is 0 Å². The van der Waals surface area contributed by atoms with Crippen LogP contribution in [0.2, 0.25) is 0 Å². The Kier molecular flexibility index (Phi) is 5.02. The van der Waals surface area contributed by atoms with Crippen LogP contribution < -0.4 is 5.14 Å². The number of hydrogen-bond acceptors (Lipinski definition) is 2. The second-order valence-electron chi connectivity index (χ2n) is 5.19. The van der Waals surface area contributed by atoms with Crippen LogP contribution in [0, 0.1) is 12.3 Å². The number of benzene rings is 2. The maximum atomic E-state index is 11.3. The average Bonchev–Trinajstić information content (AvgIpc) is 2.48. The summed E-state index contributed by atoms with van der Waals surface area (Å²) in [5, 5.41) is 5.13. The molecule has 0 saturated carbocycles. The second kappa shape index (κ2) is 6.78. The van der Waals surface area contributed by atoms with Crippen molar-refractivity contribution in [2.75, 3.05) is 0 Å². The van der Waals surface area contributed by atoms with Crippen LogP contribution in [0.1, 0.15) is 24.5 Å². The predicted octanol–water partition coefficient (Wildman–Crippen LogP) is 3.13. The van der Waals surface area contributed by atoms with Gasteiger partial charge in [-0.05, 0) is 40.8 Å². The fourth-order valence-electron chi connectivity index (χ4n) is 2.46. The Hall–Kier alpha value is -2.09. The van der Waals surface area contributed by atoms with Crippen LogP contribution in [0.5, 0.6) is 0 Å². The third-order valence-corrected chi connectivity index (χ3v) is 4.42. The van der Waals surface area contributed by atoms with Crippen molar-refractivity contribution in [3.8, 4) is 23.5 Å². The minimum atomic E-state index is -3.66. The minimum absolute atomic E-state index is 0.122. The highest BCUT2D eigenvalue weighted by molar-refractivity contribution is 7.89. The number of rotatable bonds is 5. The quantitative estimate of drug-likeness (QED) is 0.862. The molecule has 0 saturated heterocycles. The highest BCUT2D eigenvalue weighted by atomic mass is 32.2. The lowest BCUT2D eigenvalue weighted by Crippen LogP contribution is -2.11. The van der Waals surface area contributed by atoms with Gasteiger partial charge in [0.2, 0.25) is 10.0 Å². The van der Waals surface area contributed by atoms with Gasteiger partial charge in [-0.1, -0.05) is 43.7 Å². The van der Waals surface area contributed by atoms with Gasteiger partial charge >= 0.3 is 0 Å². The molecule has 0 unspecified atom stereocenters. The smallest absolute Gasteiger partial charge is 0.225 e. The maximum absolute atomic E-state index is 11.3. The summed E-state index contributed by atoms with van der Waals surface area (Å²) in [6, 6.07) is 12.8. The van der Waals surface area contributed by atoms with Crippen molar-refractivity contribution in [1.29, 1.82) is 0 Å². The van der Waals surface area contributed by atoms with Crippen LogP contribution in [-0.4, -0.2) is 8.42 Å². The Labute approximate surface area is 132 Å². The summed E-state index contributed by atoms with van der Waals surface area (Å²) in [5.74, 6) is 2.66. The third kappa shape index (κ3) is 3.76. The van der Waals surface area contributed by atoms with Gasteiger partial charge in [0.05, 0.1) is 4.90 Å². The van der Waals surface area contributed by atoms with Crippen LogP contribution in [-0.2, 0) is 22.9 Å². The molecule has 114 valence electrons. The zero-order chi connectivity index (χ0) is 16.2. The van der Waals surface area contributed by atoms with Crippen LogP contribution in [0.15, 0.2) is 47.4 Å². The zero-order valence-electron chi connectivity index (χ0n) is 12.5. The molecule has 2 aromatic rings. The van der Waals surface area contributed by atoms with Crippen molar-refractivity contribution >= 4 is 10.0 Å². The highest BCUT2D eigenvalue weighted by Gasteiger charge is 2.10. The van der Waals surface area contributed by atoms with E-state index in [0.29, 0.717) is 6.42 Å². The van der Waals surface area contributed by atoms with Gasteiger partial charge in [0.25, 0.3) is 0 Å². The van der Waals surface area contributed by atoms with E-state index in [2.05, 4.69) is 18.9 Å². The van der Waals surface area contributed by atoms with Crippen LogP contribution in [0.25, 0.3) is 11.1 Å². The van der Waals surface area contributed by atoms with E-state index >= 15 is 0 Å². The SMILES string of the molecule is C#CCc1ccc(-c2ccc(S(N)(=O)=O)cc2)c(CCC)c1. The Morgan fingerprint density at radius 1 is 1.14 bits per heavy atom. The van der Waals surface area contributed by atoms with Gasteiger partial charge in [-0.25, -0.2) is 13.6 Å². The van der Waals surface area contributed by atoms with Crippen LogP contribution >= 0.6 is 0 Å². The van der Waals surface area contributed by atoms with Gasteiger partial charge in [0, 0.05) is 6.42 Å². The number of aryl methyl sites for hydroxylation is 1. The Morgan fingerprint density at radius 3 is 2.36 bits per heavy atom. The van der Waals surface area contributed by atoms with Crippen molar-refractivity contribution < 1.29 is 8.42 Å². The fraction of sp³-hybridized carbons (Fsp3) is 0.222. The summed E-state index contributed by atoms with van der Waals surface area (Å²) < 4.78 is 22.7. The molecule has 2 N–H and O–H groups in total. The van der Waals surface area contributed by atoms with E-state index in [1.165, 1.54) is 17.7 Å². The molecule has 0 aliphatic rings. The molecule has 0 atom stereocenters. The van der Waals surface area contributed by atoms with Gasteiger partial charge < -0.3 is 0 Å². The van der Waals surface area contributed by atoms with E-state index in [9.17, 15) is 8.42 Å². The summed E-state index contributed by atoms with van der Waals surface area (Å²) in [5.41, 5.74) is 4.42. The molecule has 0 fully saturated rings. The Bertz CT molecular complexity index is 800. The first-order chi connectivity index (χ1) is 10.5. The Morgan fingerprint density at radius 2 is 1.82 bits per heavy atom. The largest absolute Gasteiger partial charge is 0.238 e. The molecule has 0 aromatic heterocycles. The molecule has 0 spiro atoms. The normalized spacial score (nSPS) is 11.1. The molecule has 0 bridgehead atoms. The molecular weight excluding hydrogens is 294 g/mol. The summed E-state index contributed by atoms with van der Waals surface area (Å²) in [7, 11) is -3.66. The molecule has 0 aliphatic carbocycles. The first-order valence-corrected chi connectivity index (χ1v) is 8.69. The van der Waals surface area contributed by atoms with Gasteiger partial charge in [0.15, 0.2) is 0 Å². The minimum Gasteiger partial charge on any atom is -0.225 e. The van der Waals surface area contributed by atoms with E-state index in [-0.39, 0.29) is 4.90 Å². The molecule has 4 heteroatoms. The summed E-state index contributed by atoms with van der Waals surface area (Å²) in [6.07, 6.45) is 7.96. The molecule has 0 aliphatic heterocycles. The molecule has 2 aromatic carbocycles. The standard InChI is InChI=1S/C18H19NO2S/c1-3-5-14-7-12-18(16(13-14)6-4-2)15-8-10-17(11-9-15)22(19,20)21/h1,7-13H,4-6H2,2H3,(H2,19,20,21). The van der Waals surface area contributed by atoms with Gasteiger partial charge in [-0.2, -0.15) is 0 Å². The number of terminal acetylenes is 1. The summed E-state index contributed by atoms with van der Waals surface area (Å²) >= 11 is 0. The van der Waals surface area contributed by atoms with Crippen LogP contribution in [0.4, 0.5) is 0 Å². The zero-order valence-corrected chi connectivity index (χ0v) is 13.4. The number of hydrogen-bond donors (Lipinski definition) is 1. The first kappa shape index (κ1) is 16.3.